The average molecular weight is 1150 g/mol. The monoisotopic (exact) mass is 1150 g/mol. The fourth-order valence-corrected chi connectivity index (χ4v) is 9.76. The minimum atomic E-state index is -0.790. The third kappa shape index (κ3) is 68.5. The third-order valence-electron chi connectivity index (χ3n) is 14.9. The Morgan fingerprint density at radius 3 is 0.735 bits per heavy atom. The van der Waals surface area contributed by atoms with Crippen molar-refractivity contribution in [3.63, 3.8) is 0 Å². The number of allylic oxidation sites excluding steroid dienone is 20. The lowest BCUT2D eigenvalue weighted by atomic mass is 10.0. The molecule has 474 valence electrons. The molecular weight excluding hydrogens is 1020 g/mol. The van der Waals surface area contributed by atoms with E-state index in [0.29, 0.717) is 19.3 Å². The van der Waals surface area contributed by atoms with Crippen LogP contribution < -0.4 is 0 Å². The van der Waals surface area contributed by atoms with Gasteiger partial charge in [0.15, 0.2) is 6.10 Å². The summed E-state index contributed by atoms with van der Waals surface area (Å²) in [5, 5.41) is 0. The zero-order chi connectivity index (χ0) is 59.9. The molecule has 0 saturated carbocycles. The van der Waals surface area contributed by atoms with Crippen LogP contribution in [0, 0.1) is 0 Å². The van der Waals surface area contributed by atoms with Crippen LogP contribution in [0.4, 0.5) is 0 Å². The summed E-state index contributed by atoms with van der Waals surface area (Å²) in [4.78, 5) is 38.4. The van der Waals surface area contributed by atoms with Gasteiger partial charge in [0.05, 0.1) is 0 Å². The summed E-state index contributed by atoms with van der Waals surface area (Å²) >= 11 is 0. The summed E-state index contributed by atoms with van der Waals surface area (Å²) in [5.41, 5.74) is 0. The van der Waals surface area contributed by atoms with Crippen LogP contribution in [0.5, 0.6) is 0 Å². The van der Waals surface area contributed by atoms with E-state index in [2.05, 4.69) is 142 Å². The van der Waals surface area contributed by atoms with E-state index in [4.69, 9.17) is 14.2 Å². The number of esters is 3. The molecule has 6 heteroatoms. The van der Waals surface area contributed by atoms with Crippen molar-refractivity contribution in [1.82, 2.24) is 0 Å². The van der Waals surface area contributed by atoms with E-state index in [1.54, 1.807) is 0 Å². The summed E-state index contributed by atoms with van der Waals surface area (Å²) in [7, 11) is 0. The standard InChI is InChI=1S/C77H130O6/c1-4-7-10-13-16-19-22-25-27-29-31-33-35-36-37-38-39-40-42-43-45-47-49-52-55-58-61-64-67-70-76(79)82-73-74(72-81-75(78)69-66-63-60-57-54-51-24-21-18-15-12-9-6-3)83-77(80)71-68-65-62-59-56-53-50-48-46-44-41-34-32-30-28-26-23-20-17-14-11-8-5-2/h7-8,10-12,15-17,19-21,24-28,31-34,74H,4-6,9,13-14,18,22-23,29-30,35-73H2,1-3H3/b10-7-,11-8-,15-12-,19-16-,20-17-,24-21-,27-25-,28-26-,33-31-,34-32-. The Kier molecular flexibility index (Phi) is 66.7. The molecule has 1 unspecified atom stereocenters. The van der Waals surface area contributed by atoms with E-state index >= 15 is 0 Å². The van der Waals surface area contributed by atoms with E-state index in [0.717, 1.165) is 141 Å². The molecule has 0 bridgehead atoms. The van der Waals surface area contributed by atoms with Gasteiger partial charge in [-0.2, -0.15) is 0 Å². The molecule has 83 heavy (non-hydrogen) atoms. The molecule has 0 aromatic carbocycles. The number of hydrogen-bond acceptors (Lipinski definition) is 6. The van der Waals surface area contributed by atoms with E-state index in [9.17, 15) is 14.4 Å². The summed E-state index contributed by atoms with van der Waals surface area (Å²) in [6, 6.07) is 0. The molecule has 0 aliphatic rings. The largest absolute Gasteiger partial charge is 0.462 e. The maximum absolute atomic E-state index is 13.0. The van der Waals surface area contributed by atoms with Crippen molar-refractivity contribution in [2.24, 2.45) is 0 Å². The number of ether oxygens (including phenoxy) is 3. The second-order valence-corrected chi connectivity index (χ2v) is 23.0. The third-order valence-corrected chi connectivity index (χ3v) is 14.9. The Morgan fingerprint density at radius 1 is 0.253 bits per heavy atom. The molecular formula is C77H130O6. The van der Waals surface area contributed by atoms with Crippen molar-refractivity contribution in [3.05, 3.63) is 122 Å². The highest BCUT2D eigenvalue weighted by Gasteiger charge is 2.19. The van der Waals surface area contributed by atoms with Crippen LogP contribution >= 0.6 is 0 Å². The highest BCUT2D eigenvalue weighted by atomic mass is 16.6. The number of unbranched alkanes of at least 4 members (excludes halogenated alkanes) is 32. The minimum absolute atomic E-state index is 0.0838. The Labute approximate surface area is 513 Å². The summed E-state index contributed by atoms with van der Waals surface area (Å²) < 4.78 is 17.0. The van der Waals surface area contributed by atoms with E-state index in [1.165, 1.54) is 148 Å². The first-order chi connectivity index (χ1) is 41.0. The van der Waals surface area contributed by atoms with Gasteiger partial charge in [0.1, 0.15) is 13.2 Å². The van der Waals surface area contributed by atoms with Gasteiger partial charge in [0.2, 0.25) is 0 Å². The first kappa shape index (κ1) is 78.8. The van der Waals surface area contributed by atoms with Crippen molar-refractivity contribution >= 4 is 17.9 Å². The van der Waals surface area contributed by atoms with E-state index < -0.39 is 6.10 Å². The van der Waals surface area contributed by atoms with Crippen LogP contribution in [0.25, 0.3) is 0 Å². The van der Waals surface area contributed by atoms with Crippen molar-refractivity contribution in [3.8, 4) is 0 Å². The van der Waals surface area contributed by atoms with Crippen molar-refractivity contribution in [1.29, 1.82) is 0 Å². The van der Waals surface area contributed by atoms with Gasteiger partial charge < -0.3 is 14.2 Å². The second kappa shape index (κ2) is 70.3. The van der Waals surface area contributed by atoms with Crippen molar-refractivity contribution in [2.75, 3.05) is 13.2 Å². The second-order valence-electron chi connectivity index (χ2n) is 23.0. The van der Waals surface area contributed by atoms with Crippen LogP contribution in [-0.4, -0.2) is 37.2 Å². The van der Waals surface area contributed by atoms with Gasteiger partial charge in [-0.05, 0) is 122 Å². The Bertz CT molecular complexity index is 1700. The van der Waals surface area contributed by atoms with Gasteiger partial charge in [0, 0.05) is 19.3 Å². The lowest BCUT2D eigenvalue weighted by molar-refractivity contribution is -0.167. The lowest BCUT2D eigenvalue weighted by Crippen LogP contribution is -2.30. The molecule has 0 rings (SSSR count). The predicted molar refractivity (Wildman–Crippen MR) is 362 cm³/mol. The summed E-state index contributed by atoms with van der Waals surface area (Å²) in [5.74, 6) is -0.892. The molecule has 0 aromatic rings. The van der Waals surface area contributed by atoms with Crippen molar-refractivity contribution in [2.45, 2.75) is 335 Å². The van der Waals surface area contributed by atoms with Gasteiger partial charge in [-0.1, -0.05) is 309 Å². The Morgan fingerprint density at radius 2 is 0.470 bits per heavy atom. The zero-order valence-electron chi connectivity index (χ0n) is 54.4. The summed E-state index contributed by atoms with van der Waals surface area (Å²) in [6.07, 6.45) is 98.0. The molecule has 0 aliphatic heterocycles. The van der Waals surface area contributed by atoms with Crippen LogP contribution in [0.2, 0.25) is 0 Å². The Balaban J connectivity index is 4.27. The summed E-state index contributed by atoms with van der Waals surface area (Å²) in [6.45, 7) is 6.37. The van der Waals surface area contributed by atoms with Crippen LogP contribution in [0.1, 0.15) is 329 Å². The van der Waals surface area contributed by atoms with Crippen LogP contribution in [0.15, 0.2) is 122 Å². The van der Waals surface area contributed by atoms with Crippen LogP contribution in [-0.2, 0) is 28.6 Å². The first-order valence-electron chi connectivity index (χ1n) is 35.0. The highest BCUT2D eigenvalue weighted by Crippen LogP contribution is 2.17. The lowest BCUT2D eigenvalue weighted by Gasteiger charge is -2.18. The van der Waals surface area contributed by atoms with Crippen molar-refractivity contribution < 1.29 is 28.6 Å². The highest BCUT2D eigenvalue weighted by molar-refractivity contribution is 5.71. The molecule has 6 nitrogen and oxygen atoms in total. The number of hydrogen-bond donors (Lipinski definition) is 0. The molecule has 0 fully saturated rings. The molecule has 0 spiro atoms. The van der Waals surface area contributed by atoms with E-state index in [-0.39, 0.29) is 31.1 Å². The predicted octanol–water partition coefficient (Wildman–Crippen LogP) is 24.3. The fourth-order valence-electron chi connectivity index (χ4n) is 9.76. The molecule has 0 radical (unpaired) electrons. The van der Waals surface area contributed by atoms with Gasteiger partial charge in [-0.25, -0.2) is 0 Å². The molecule has 0 aliphatic carbocycles. The van der Waals surface area contributed by atoms with Gasteiger partial charge in [-0.3, -0.25) is 14.4 Å². The topological polar surface area (TPSA) is 78.9 Å². The quantitative estimate of drug-likeness (QED) is 0.0261. The first-order valence-corrected chi connectivity index (χ1v) is 35.0. The van der Waals surface area contributed by atoms with Gasteiger partial charge in [0.25, 0.3) is 0 Å². The number of carbonyl (C=O) groups excluding carboxylic acids is 3. The molecule has 1 atom stereocenters. The van der Waals surface area contributed by atoms with E-state index in [1.807, 2.05) is 0 Å². The maximum atomic E-state index is 13.0. The smallest absolute Gasteiger partial charge is 0.306 e. The minimum Gasteiger partial charge on any atom is -0.462 e. The molecule has 0 amide bonds. The Hall–Kier alpha value is -4.19. The maximum Gasteiger partial charge on any atom is 0.306 e. The number of rotatable bonds is 63. The molecule has 0 aromatic heterocycles. The fraction of sp³-hybridized carbons (Fsp3) is 0.701. The molecule has 0 N–H and O–H groups in total. The normalized spacial score (nSPS) is 12.9. The van der Waals surface area contributed by atoms with Gasteiger partial charge >= 0.3 is 17.9 Å². The average Bonchev–Trinajstić information content (AvgIpc) is 3.49. The van der Waals surface area contributed by atoms with Gasteiger partial charge in [-0.15, -0.1) is 0 Å². The zero-order valence-corrected chi connectivity index (χ0v) is 54.4. The number of carbonyl (C=O) groups is 3. The van der Waals surface area contributed by atoms with Crippen LogP contribution in [0.3, 0.4) is 0 Å². The molecule has 0 heterocycles. The molecule has 0 saturated heterocycles. The SMILES string of the molecule is CC/C=C\C/C=C\C/C=C\C/C=C\CCCCCCCCCCCCCCCCCCC(=O)OCC(COC(=O)CCCCCCC/C=C\C/C=C\CCC)OC(=O)CCCCCCCCCCCC/C=C\C/C=C\C/C=C\C/C=C\CC.